The molecule has 1 heterocycles. The van der Waals surface area contributed by atoms with Crippen LogP contribution in [0.15, 0.2) is 72.8 Å². The van der Waals surface area contributed by atoms with Crippen LogP contribution in [0.1, 0.15) is 53.9 Å². The predicted molar refractivity (Wildman–Crippen MR) is 114 cm³/mol. The maximum absolute atomic E-state index is 12.7. The van der Waals surface area contributed by atoms with E-state index in [1.54, 1.807) is 42.5 Å². The number of hydrogen-bond donors (Lipinski definition) is 1. The van der Waals surface area contributed by atoms with Gasteiger partial charge in [0.25, 0.3) is 5.91 Å². The minimum Gasteiger partial charge on any atom is -0.465 e. The molecule has 0 aliphatic carbocycles. The Labute approximate surface area is 179 Å². The zero-order valence-corrected chi connectivity index (χ0v) is 17.0. The van der Waals surface area contributed by atoms with Gasteiger partial charge in [-0.05, 0) is 47.0 Å². The number of esters is 2. The number of nitrogens with one attached hydrogen (secondary N) is 1. The molecule has 6 heteroatoms. The fourth-order valence-electron chi connectivity index (χ4n) is 3.55. The van der Waals surface area contributed by atoms with E-state index < -0.39 is 5.97 Å². The molecular weight excluding hydrogens is 394 g/mol. The lowest BCUT2D eigenvalue weighted by Gasteiger charge is -2.25. The third-order valence-corrected chi connectivity index (χ3v) is 5.24. The summed E-state index contributed by atoms with van der Waals surface area (Å²) in [5, 5.41) is 2.87. The lowest BCUT2D eigenvalue weighted by Crippen LogP contribution is -2.25. The molecule has 156 valence electrons. The topological polar surface area (TPSA) is 81.7 Å². The number of ether oxygens (including phenoxy) is 2. The molecule has 0 saturated carbocycles. The molecular formula is C25H21NO5. The summed E-state index contributed by atoms with van der Waals surface area (Å²) in [6.45, 7) is 0.312. The fourth-order valence-corrected chi connectivity index (χ4v) is 3.55. The summed E-state index contributed by atoms with van der Waals surface area (Å²) in [6.07, 6.45) is 0.147. The van der Waals surface area contributed by atoms with E-state index in [0.717, 1.165) is 16.7 Å². The van der Waals surface area contributed by atoms with Crippen molar-refractivity contribution in [2.75, 3.05) is 7.11 Å². The maximum atomic E-state index is 12.7. The van der Waals surface area contributed by atoms with Gasteiger partial charge < -0.3 is 14.8 Å². The van der Waals surface area contributed by atoms with Gasteiger partial charge in [-0.1, -0.05) is 42.5 Å². The molecule has 0 aromatic heterocycles. The van der Waals surface area contributed by atoms with Gasteiger partial charge in [-0.25, -0.2) is 9.59 Å². The Kier molecular flexibility index (Phi) is 5.80. The number of rotatable bonds is 5. The summed E-state index contributed by atoms with van der Waals surface area (Å²) in [7, 11) is 1.33. The van der Waals surface area contributed by atoms with Gasteiger partial charge in [0, 0.05) is 18.5 Å². The highest BCUT2D eigenvalue weighted by atomic mass is 16.5. The first-order valence-corrected chi connectivity index (χ1v) is 9.89. The second kappa shape index (κ2) is 8.83. The average Bonchev–Trinajstić information content (AvgIpc) is 2.82. The number of fused-ring (bicyclic) bond motifs is 1. The Morgan fingerprint density at radius 1 is 1.00 bits per heavy atom. The second-order valence-corrected chi connectivity index (χ2v) is 7.25. The van der Waals surface area contributed by atoms with Gasteiger partial charge in [0.1, 0.15) is 6.10 Å². The smallest absolute Gasteiger partial charge is 0.339 e. The molecule has 0 spiro atoms. The lowest BCUT2D eigenvalue weighted by atomic mass is 9.93. The summed E-state index contributed by atoms with van der Waals surface area (Å²) < 4.78 is 10.2. The number of cyclic esters (lactones) is 1. The first kappa shape index (κ1) is 20.3. The highest BCUT2D eigenvalue weighted by Gasteiger charge is 2.28. The maximum Gasteiger partial charge on any atom is 0.339 e. The Morgan fingerprint density at radius 3 is 2.42 bits per heavy atom. The van der Waals surface area contributed by atoms with E-state index in [1.165, 1.54) is 7.11 Å². The fraction of sp³-hybridized carbons (Fsp3) is 0.160. The quantitative estimate of drug-likeness (QED) is 0.640. The van der Waals surface area contributed by atoms with Crippen LogP contribution in [-0.4, -0.2) is 25.0 Å². The molecule has 1 atom stereocenters. The van der Waals surface area contributed by atoms with Crippen molar-refractivity contribution in [1.29, 1.82) is 0 Å². The molecule has 1 aliphatic rings. The molecule has 1 N–H and O–H groups in total. The molecule has 0 saturated heterocycles. The summed E-state index contributed by atoms with van der Waals surface area (Å²) in [4.78, 5) is 36.6. The molecule has 31 heavy (non-hydrogen) atoms. The normalized spacial score (nSPS) is 14.9. The minimum absolute atomic E-state index is 0.241. The van der Waals surface area contributed by atoms with E-state index >= 15 is 0 Å². The van der Waals surface area contributed by atoms with Crippen LogP contribution in [0.3, 0.4) is 0 Å². The molecule has 0 fully saturated rings. The van der Waals surface area contributed by atoms with Crippen molar-refractivity contribution in [3.8, 4) is 0 Å². The molecule has 1 unspecified atom stereocenters. The summed E-state index contributed by atoms with van der Waals surface area (Å²) in [5.41, 5.74) is 3.99. The number of carbonyl (C=O) groups excluding carboxylic acids is 3. The third-order valence-electron chi connectivity index (χ3n) is 5.24. The average molecular weight is 415 g/mol. The van der Waals surface area contributed by atoms with Crippen LogP contribution in [0.2, 0.25) is 0 Å². The van der Waals surface area contributed by atoms with E-state index in [0.29, 0.717) is 29.7 Å². The van der Waals surface area contributed by atoms with E-state index in [1.807, 2.05) is 30.3 Å². The van der Waals surface area contributed by atoms with Crippen LogP contribution in [0, 0.1) is 0 Å². The van der Waals surface area contributed by atoms with Gasteiger partial charge in [-0.3, -0.25) is 4.79 Å². The molecule has 0 radical (unpaired) electrons. The van der Waals surface area contributed by atoms with E-state index in [9.17, 15) is 14.4 Å². The number of benzene rings is 3. The van der Waals surface area contributed by atoms with E-state index in [2.05, 4.69) is 10.1 Å². The largest absolute Gasteiger partial charge is 0.465 e. The summed E-state index contributed by atoms with van der Waals surface area (Å²) in [6, 6.07) is 21.4. The Balaban J connectivity index is 1.45. The van der Waals surface area contributed by atoms with Gasteiger partial charge >= 0.3 is 11.9 Å². The monoisotopic (exact) mass is 415 g/mol. The highest BCUT2D eigenvalue weighted by Crippen LogP contribution is 2.31. The van der Waals surface area contributed by atoms with Gasteiger partial charge in [0.2, 0.25) is 0 Å². The van der Waals surface area contributed by atoms with Crippen LogP contribution in [0.4, 0.5) is 0 Å². The molecule has 3 aromatic rings. The van der Waals surface area contributed by atoms with Crippen molar-refractivity contribution in [3.63, 3.8) is 0 Å². The lowest BCUT2D eigenvalue weighted by molar-refractivity contribution is 0.0252. The van der Waals surface area contributed by atoms with Crippen molar-refractivity contribution < 1.29 is 23.9 Å². The summed E-state index contributed by atoms with van der Waals surface area (Å²) >= 11 is 0. The molecule has 4 rings (SSSR count). The minimum atomic E-state index is -0.406. The number of carbonyl (C=O) groups is 3. The second-order valence-electron chi connectivity index (χ2n) is 7.25. The van der Waals surface area contributed by atoms with Gasteiger partial charge in [-0.15, -0.1) is 0 Å². The van der Waals surface area contributed by atoms with Gasteiger partial charge in [-0.2, -0.15) is 0 Å². The first-order chi connectivity index (χ1) is 15.0. The van der Waals surface area contributed by atoms with Crippen LogP contribution >= 0.6 is 0 Å². The molecule has 1 aliphatic heterocycles. The molecule has 6 nitrogen and oxygen atoms in total. The van der Waals surface area contributed by atoms with Crippen molar-refractivity contribution in [3.05, 3.63) is 106 Å². The van der Waals surface area contributed by atoms with Crippen LogP contribution in [0.5, 0.6) is 0 Å². The number of methoxy groups -OCH3 is 1. The zero-order chi connectivity index (χ0) is 21.8. The van der Waals surface area contributed by atoms with Crippen LogP contribution in [0.25, 0.3) is 0 Å². The van der Waals surface area contributed by atoms with Crippen molar-refractivity contribution in [2.45, 2.75) is 19.1 Å². The predicted octanol–water partition coefficient (Wildman–Crippen LogP) is 3.86. The van der Waals surface area contributed by atoms with Crippen LogP contribution in [-0.2, 0) is 22.4 Å². The third kappa shape index (κ3) is 4.48. The molecule has 3 aromatic carbocycles. The SMILES string of the molecule is COC(=O)c1ccc(CNC(=O)c2ccc3c(c2)CC(c2ccccc2)OC3=O)cc1. The standard InChI is InChI=1S/C25H21NO5/c1-30-24(28)18-9-7-16(8-10-18)15-26-23(27)19-11-12-21-20(13-19)14-22(31-25(21)29)17-5-3-2-4-6-17/h2-13,22H,14-15H2,1H3,(H,26,27). The van der Waals surface area contributed by atoms with E-state index in [4.69, 9.17) is 4.74 Å². The number of amides is 1. The zero-order valence-electron chi connectivity index (χ0n) is 17.0. The Morgan fingerprint density at radius 2 is 1.71 bits per heavy atom. The van der Waals surface area contributed by atoms with Gasteiger partial charge in [0.05, 0.1) is 18.2 Å². The van der Waals surface area contributed by atoms with Crippen molar-refractivity contribution >= 4 is 17.8 Å². The first-order valence-electron chi connectivity index (χ1n) is 9.89. The summed E-state index contributed by atoms with van der Waals surface area (Å²) in [5.74, 6) is -1.03. The van der Waals surface area contributed by atoms with Crippen LogP contribution < -0.4 is 5.32 Å². The van der Waals surface area contributed by atoms with Crippen molar-refractivity contribution in [1.82, 2.24) is 5.32 Å². The Bertz CT molecular complexity index is 1120. The Hall–Kier alpha value is -3.93. The van der Waals surface area contributed by atoms with E-state index in [-0.39, 0.29) is 18.0 Å². The molecule has 1 amide bonds. The molecule has 0 bridgehead atoms. The number of hydrogen-bond acceptors (Lipinski definition) is 5. The van der Waals surface area contributed by atoms with Gasteiger partial charge in [0.15, 0.2) is 0 Å². The highest BCUT2D eigenvalue weighted by molar-refractivity contribution is 5.97. The van der Waals surface area contributed by atoms with Crippen molar-refractivity contribution in [2.24, 2.45) is 0 Å².